The zero-order valence-electron chi connectivity index (χ0n) is 11.6. The number of benzene rings is 2. The minimum Gasteiger partial charge on any atom is -0.451 e. The molecule has 1 amide bonds. The first-order chi connectivity index (χ1) is 10.7. The Kier molecular flexibility index (Phi) is 3.88. The molecule has 2 aromatic carbocycles. The highest BCUT2D eigenvalue weighted by Crippen LogP contribution is 2.18. The van der Waals surface area contributed by atoms with Crippen LogP contribution in [0.4, 0.5) is 4.39 Å². The Hall–Kier alpha value is -3.06. The molecule has 4 heteroatoms. The molecule has 0 radical (unpaired) electrons. The van der Waals surface area contributed by atoms with Crippen molar-refractivity contribution >= 4 is 16.9 Å². The fourth-order valence-electron chi connectivity index (χ4n) is 1.98. The quantitative estimate of drug-likeness (QED) is 0.736. The van der Waals surface area contributed by atoms with Crippen LogP contribution in [0.2, 0.25) is 0 Å². The Morgan fingerprint density at radius 3 is 2.68 bits per heavy atom. The lowest BCUT2D eigenvalue weighted by atomic mass is 10.2. The smallest absolute Gasteiger partial charge is 0.287 e. The van der Waals surface area contributed by atoms with Crippen LogP contribution in [0, 0.1) is 17.7 Å². The largest absolute Gasteiger partial charge is 0.451 e. The molecule has 0 saturated carbocycles. The Morgan fingerprint density at radius 1 is 1.14 bits per heavy atom. The molecular weight excluding hydrogens is 281 g/mol. The molecule has 0 bridgehead atoms. The summed E-state index contributed by atoms with van der Waals surface area (Å²) in [4.78, 5) is 11.9. The van der Waals surface area contributed by atoms with E-state index >= 15 is 0 Å². The molecular formula is C18H12FNO2. The van der Waals surface area contributed by atoms with Crippen molar-refractivity contribution in [1.29, 1.82) is 0 Å². The molecule has 3 aromatic rings. The van der Waals surface area contributed by atoms with Crippen LogP contribution in [-0.4, -0.2) is 12.5 Å². The van der Waals surface area contributed by atoms with Gasteiger partial charge >= 0.3 is 0 Å². The van der Waals surface area contributed by atoms with Gasteiger partial charge < -0.3 is 9.73 Å². The zero-order valence-corrected chi connectivity index (χ0v) is 11.6. The molecule has 0 aliphatic carbocycles. The average Bonchev–Trinajstić information content (AvgIpc) is 2.97. The fraction of sp³-hybridized carbons (Fsp3) is 0.0556. The van der Waals surface area contributed by atoms with Gasteiger partial charge in [-0.3, -0.25) is 4.79 Å². The van der Waals surface area contributed by atoms with E-state index in [1.807, 2.05) is 18.2 Å². The molecule has 0 aliphatic heterocycles. The lowest BCUT2D eigenvalue weighted by Gasteiger charge is -1.96. The standard InChI is InChI=1S/C18H12FNO2/c19-15-9-7-13(8-10-15)4-3-11-20-18(21)17-12-14-5-1-2-6-16(14)22-17/h1-2,5-10,12H,11H2,(H,20,21). The Morgan fingerprint density at radius 2 is 1.91 bits per heavy atom. The number of nitrogens with one attached hydrogen (secondary N) is 1. The van der Waals surface area contributed by atoms with Gasteiger partial charge in [-0.15, -0.1) is 0 Å². The minimum absolute atomic E-state index is 0.188. The van der Waals surface area contributed by atoms with Crippen LogP contribution >= 0.6 is 0 Å². The van der Waals surface area contributed by atoms with Gasteiger partial charge in [0, 0.05) is 10.9 Å². The van der Waals surface area contributed by atoms with Crippen LogP contribution in [0.3, 0.4) is 0 Å². The molecule has 0 spiro atoms. The van der Waals surface area contributed by atoms with Crippen LogP contribution in [0.1, 0.15) is 16.1 Å². The van der Waals surface area contributed by atoms with Gasteiger partial charge in [0.25, 0.3) is 5.91 Å². The molecule has 0 unspecified atom stereocenters. The summed E-state index contributed by atoms with van der Waals surface area (Å²) >= 11 is 0. The zero-order chi connectivity index (χ0) is 15.4. The van der Waals surface area contributed by atoms with Gasteiger partial charge in [-0.05, 0) is 36.4 Å². The molecule has 1 N–H and O–H groups in total. The van der Waals surface area contributed by atoms with E-state index < -0.39 is 0 Å². The maximum absolute atomic E-state index is 12.7. The van der Waals surface area contributed by atoms with E-state index in [0.29, 0.717) is 11.1 Å². The Balaban J connectivity index is 1.62. The van der Waals surface area contributed by atoms with Crippen molar-refractivity contribution in [2.24, 2.45) is 0 Å². The number of fused-ring (bicyclic) bond motifs is 1. The maximum Gasteiger partial charge on any atom is 0.287 e. The molecule has 22 heavy (non-hydrogen) atoms. The van der Waals surface area contributed by atoms with Crippen molar-refractivity contribution in [3.8, 4) is 11.8 Å². The molecule has 108 valence electrons. The number of halogens is 1. The average molecular weight is 293 g/mol. The first kappa shape index (κ1) is 13.9. The Bertz CT molecular complexity index is 836. The first-order valence-electron chi connectivity index (χ1n) is 6.73. The van der Waals surface area contributed by atoms with Crippen LogP contribution in [0.5, 0.6) is 0 Å². The topological polar surface area (TPSA) is 42.2 Å². The molecule has 1 aromatic heterocycles. The van der Waals surface area contributed by atoms with Crippen LogP contribution < -0.4 is 5.32 Å². The molecule has 0 aliphatic rings. The number of amides is 1. The summed E-state index contributed by atoms with van der Waals surface area (Å²) in [6, 6.07) is 15.0. The van der Waals surface area contributed by atoms with Gasteiger partial charge in [0.05, 0.1) is 6.54 Å². The molecule has 0 atom stereocenters. The van der Waals surface area contributed by atoms with E-state index in [1.54, 1.807) is 24.3 Å². The third-order valence-corrected chi connectivity index (χ3v) is 3.06. The van der Waals surface area contributed by atoms with E-state index in [9.17, 15) is 9.18 Å². The maximum atomic E-state index is 12.7. The number of rotatable bonds is 2. The van der Waals surface area contributed by atoms with Crippen molar-refractivity contribution in [3.63, 3.8) is 0 Å². The van der Waals surface area contributed by atoms with E-state index in [2.05, 4.69) is 17.2 Å². The summed E-state index contributed by atoms with van der Waals surface area (Å²) in [5.74, 6) is 5.29. The van der Waals surface area contributed by atoms with Crippen LogP contribution in [0.15, 0.2) is 59.0 Å². The Labute approximate surface area is 126 Å². The van der Waals surface area contributed by atoms with Gasteiger partial charge in [0.1, 0.15) is 11.4 Å². The number of hydrogen-bond acceptors (Lipinski definition) is 2. The van der Waals surface area contributed by atoms with Gasteiger partial charge in [-0.2, -0.15) is 0 Å². The van der Waals surface area contributed by atoms with Crippen molar-refractivity contribution in [2.75, 3.05) is 6.54 Å². The molecule has 0 saturated heterocycles. The third-order valence-electron chi connectivity index (χ3n) is 3.06. The lowest BCUT2D eigenvalue weighted by molar-refractivity contribution is 0.0933. The highest BCUT2D eigenvalue weighted by Gasteiger charge is 2.10. The molecule has 3 rings (SSSR count). The molecule has 0 fully saturated rings. The second-order valence-corrected chi connectivity index (χ2v) is 4.64. The summed E-state index contributed by atoms with van der Waals surface area (Å²) in [5.41, 5.74) is 1.37. The minimum atomic E-state index is -0.315. The SMILES string of the molecule is O=C(NCC#Cc1ccc(F)cc1)c1cc2ccccc2o1. The number of hydrogen-bond donors (Lipinski definition) is 1. The van der Waals surface area contributed by atoms with E-state index in [1.165, 1.54) is 12.1 Å². The third kappa shape index (κ3) is 3.15. The van der Waals surface area contributed by atoms with Crippen molar-refractivity contribution in [3.05, 3.63) is 71.7 Å². The predicted molar refractivity (Wildman–Crippen MR) is 81.8 cm³/mol. The predicted octanol–water partition coefficient (Wildman–Crippen LogP) is 3.35. The van der Waals surface area contributed by atoms with E-state index in [0.717, 1.165) is 5.39 Å². The summed E-state index contributed by atoms with van der Waals surface area (Å²) in [7, 11) is 0. The number of carbonyl (C=O) groups is 1. The highest BCUT2D eigenvalue weighted by atomic mass is 19.1. The number of furan rings is 1. The van der Waals surface area contributed by atoms with Crippen molar-refractivity contribution in [1.82, 2.24) is 5.32 Å². The first-order valence-corrected chi connectivity index (χ1v) is 6.73. The monoisotopic (exact) mass is 293 g/mol. The number of para-hydroxylation sites is 1. The number of carbonyl (C=O) groups excluding carboxylic acids is 1. The normalized spacial score (nSPS) is 10.0. The van der Waals surface area contributed by atoms with Gasteiger partial charge in [0.2, 0.25) is 0 Å². The van der Waals surface area contributed by atoms with Gasteiger partial charge in [-0.1, -0.05) is 30.0 Å². The van der Waals surface area contributed by atoms with Crippen molar-refractivity contribution < 1.29 is 13.6 Å². The second kappa shape index (κ2) is 6.15. The van der Waals surface area contributed by atoms with Crippen molar-refractivity contribution in [2.45, 2.75) is 0 Å². The lowest BCUT2D eigenvalue weighted by Crippen LogP contribution is -2.22. The summed E-state index contributed by atoms with van der Waals surface area (Å²) in [5, 5.41) is 3.54. The summed E-state index contributed by atoms with van der Waals surface area (Å²) in [6.07, 6.45) is 0. The summed E-state index contributed by atoms with van der Waals surface area (Å²) < 4.78 is 18.2. The fourth-order valence-corrected chi connectivity index (χ4v) is 1.98. The van der Waals surface area contributed by atoms with Crippen LogP contribution in [-0.2, 0) is 0 Å². The van der Waals surface area contributed by atoms with Gasteiger partial charge in [-0.25, -0.2) is 4.39 Å². The molecule has 1 heterocycles. The molecule has 3 nitrogen and oxygen atoms in total. The second-order valence-electron chi connectivity index (χ2n) is 4.64. The van der Waals surface area contributed by atoms with Crippen LogP contribution in [0.25, 0.3) is 11.0 Å². The summed E-state index contributed by atoms with van der Waals surface area (Å²) in [6.45, 7) is 0.188. The van der Waals surface area contributed by atoms with Gasteiger partial charge in [0.15, 0.2) is 5.76 Å². The highest BCUT2D eigenvalue weighted by molar-refractivity contribution is 5.96. The van der Waals surface area contributed by atoms with E-state index in [4.69, 9.17) is 4.42 Å². The van der Waals surface area contributed by atoms with E-state index in [-0.39, 0.29) is 24.0 Å².